The topological polar surface area (TPSA) is 12.0 Å². The second-order valence-corrected chi connectivity index (χ2v) is 5.07. The third kappa shape index (κ3) is 5.10. The summed E-state index contributed by atoms with van der Waals surface area (Å²) in [4.78, 5) is 0. The lowest BCUT2D eigenvalue weighted by Gasteiger charge is -2.17. The second-order valence-electron chi connectivity index (χ2n) is 4.67. The lowest BCUT2D eigenvalue weighted by Crippen LogP contribution is -2.29. The molecule has 17 heavy (non-hydrogen) atoms. The number of benzene rings is 1. The average Bonchev–Trinajstić information content (AvgIpc) is 2.31. The maximum Gasteiger partial charge on any atom is 0.0437 e. The summed E-state index contributed by atoms with van der Waals surface area (Å²) in [5.74, 6) is 0. The van der Waals surface area contributed by atoms with Crippen molar-refractivity contribution < 1.29 is 0 Å². The van der Waals surface area contributed by atoms with E-state index in [-0.39, 0.29) is 0 Å². The summed E-state index contributed by atoms with van der Waals surface area (Å²) in [6.07, 6.45) is 4.80. The second kappa shape index (κ2) is 7.73. The van der Waals surface area contributed by atoms with Crippen LogP contribution in [-0.2, 0) is 6.42 Å². The lowest BCUT2D eigenvalue weighted by molar-refractivity contribution is 0.460. The molecule has 0 bridgehead atoms. The van der Waals surface area contributed by atoms with Crippen molar-refractivity contribution in [2.75, 3.05) is 6.54 Å². The van der Waals surface area contributed by atoms with Crippen LogP contribution in [0.3, 0.4) is 0 Å². The molecule has 0 spiro atoms. The van der Waals surface area contributed by atoms with Crippen molar-refractivity contribution in [1.29, 1.82) is 0 Å². The fourth-order valence-corrected chi connectivity index (χ4v) is 2.32. The zero-order chi connectivity index (χ0) is 12.7. The van der Waals surface area contributed by atoms with E-state index in [0.29, 0.717) is 6.04 Å². The Kier molecular flexibility index (Phi) is 6.61. The van der Waals surface area contributed by atoms with E-state index in [1.165, 1.54) is 24.8 Å². The zero-order valence-corrected chi connectivity index (χ0v) is 12.0. The highest BCUT2D eigenvalue weighted by Gasteiger charge is 2.06. The molecule has 0 heterocycles. The molecule has 0 fully saturated rings. The van der Waals surface area contributed by atoms with E-state index in [2.05, 4.69) is 37.4 Å². The molecule has 1 aromatic carbocycles. The van der Waals surface area contributed by atoms with Crippen molar-refractivity contribution >= 4 is 11.6 Å². The summed E-state index contributed by atoms with van der Waals surface area (Å²) in [5, 5.41) is 4.43. The number of hydrogen-bond donors (Lipinski definition) is 1. The van der Waals surface area contributed by atoms with Gasteiger partial charge in [0.2, 0.25) is 0 Å². The van der Waals surface area contributed by atoms with E-state index in [4.69, 9.17) is 11.6 Å². The largest absolute Gasteiger partial charge is 0.314 e. The first-order valence-corrected chi connectivity index (χ1v) is 7.03. The Morgan fingerprint density at radius 1 is 1.24 bits per heavy atom. The van der Waals surface area contributed by atoms with Crippen LogP contribution in [0.4, 0.5) is 0 Å². The van der Waals surface area contributed by atoms with Gasteiger partial charge in [-0.2, -0.15) is 0 Å². The molecule has 0 aliphatic heterocycles. The first-order valence-electron chi connectivity index (χ1n) is 6.65. The Labute approximate surface area is 111 Å². The van der Waals surface area contributed by atoms with Gasteiger partial charge in [0, 0.05) is 11.1 Å². The normalized spacial score (nSPS) is 12.7. The molecule has 0 amide bonds. The first-order chi connectivity index (χ1) is 8.17. The van der Waals surface area contributed by atoms with Gasteiger partial charge < -0.3 is 5.32 Å². The fraction of sp³-hybridized carbons (Fsp3) is 0.600. The summed E-state index contributed by atoms with van der Waals surface area (Å²) in [5.41, 5.74) is 2.51. The molecule has 0 radical (unpaired) electrons. The molecule has 0 saturated heterocycles. The zero-order valence-electron chi connectivity index (χ0n) is 11.2. The van der Waals surface area contributed by atoms with Crippen molar-refractivity contribution in [3.8, 4) is 0 Å². The van der Waals surface area contributed by atoms with E-state index in [9.17, 15) is 0 Å². The summed E-state index contributed by atoms with van der Waals surface area (Å²) < 4.78 is 0. The summed E-state index contributed by atoms with van der Waals surface area (Å²) in [6, 6.07) is 7.05. The molecular formula is C15H24ClN. The van der Waals surface area contributed by atoms with Crippen LogP contribution in [0.1, 0.15) is 44.2 Å². The van der Waals surface area contributed by atoms with Gasteiger partial charge in [0.25, 0.3) is 0 Å². The molecule has 1 aromatic rings. The lowest BCUT2D eigenvalue weighted by atomic mass is 10.0. The third-order valence-electron chi connectivity index (χ3n) is 3.15. The first kappa shape index (κ1) is 14.5. The Morgan fingerprint density at radius 3 is 2.59 bits per heavy atom. The third-order valence-corrected chi connectivity index (χ3v) is 3.55. The molecule has 0 aliphatic carbocycles. The fourth-order valence-electron chi connectivity index (χ4n) is 2.12. The van der Waals surface area contributed by atoms with E-state index in [1.807, 2.05) is 6.92 Å². The minimum absolute atomic E-state index is 0.644. The minimum atomic E-state index is 0.644. The number of aryl methyl sites for hydroxylation is 2. The van der Waals surface area contributed by atoms with Crippen molar-refractivity contribution in [2.24, 2.45) is 0 Å². The molecule has 1 rings (SSSR count). The maximum atomic E-state index is 6.14. The van der Waals surface area contributed by atoms with Crippen LogP contribution in [0.25, 0.3) is 0 Å². The van der Waals surface area contributed by atoms with E-state index >= 15 is 0 Å². The van der Waals surface area contributed by atoms with Crippen molar-refractivity contribution in [2.45, 2.75) is 52.5 Å². The molecular weight excluding hydrogens is 230 g/mol. The van der Waals surface area contributed by atoms with Gasteiger partial charge in [-0.05, 0) is 49.9 Å². The molecule has 1 atom stereocenters. The molecule has 0 aromatic heterocycles. The van der Waals surface area contributed by atoms with Crippen molar-refractivity contribution in [3.05, 3.63) is 34.3 Å². The summed E-state index contributed by atoms with van der Waals surface area (Å²) in [7, 11) is 0. The summed E-state index contributed by atoms with van der Waals surface area (Å²) >= 11 is 6.14. The predicted octanol–water partition coefficient (Wildman–Crippen LogP) is 4.36. The Hall–Kier alpha value is -0.530. The van der Waals surface area contributed by atoms with Gasteiger partial charge >= 0.3 is 0 Å². The van der Waals surface area contributed by atoms with Gasteiger partial charge in [0.1, 0.15) is 0 Å². The van der Waals surface area contributed by atoms with Crippen LogP contribution in [0.5, 0.6) is 0 Å². The van der Waals surface area contributed by atoms with Gasteiger partial charge in [0.15, 0.2) is 0 Å². The summed E-state index contributed by atoms with van der Waals surface area (Å²) in [6.45, 7) is 7.52. The van der Waals surface area contributed by atoms with Crippen LogP contribution in [0.2, 0.25) is 5.02 Å². The minimum Gasteiger partial charge on any atom is -0.314 e. The smallest absolute Gasteiger partial charge is 0.0437 e. The van der Waals surface area contributed by atoms with Gasteiger partial charge in [-0.1, -0.05) is 44.0 Å². The van der Waals surface area contributed by atoms with E-state index in [0.717, 1.165) is 23.6 Å². The number of halogens is 1. The molecule has 96 valence electrons. The number of hydrogen-bond acceptors (Lipinski definition) is 1. The quantitative estimate of drug-likeness (QED) is 0.761. The van der Waals surface area contributed by atoms with Crippen LogP contribution >= 0.6 is 11.6 Å². The number of rotatable bonds is 7. The highest BCUT2D eigenvalue weighted by Crippen LogP contribution is 2.18. The molecule has 0 saturated carbocycles. The van der Waals surface area contributed by atoms with E-state index in [1.54, 1.807) is 0 Å². The molecule has 0 aliphatic rings. The van der Waals surface area contributed by atoms with Gasteiger partial charge in [-0.15, -0.1) is 0 Å². The molecule has 1 N–H and O–H groups in total. The van der Waals surface area contributed by atoms with Gasteiger partial charge in [-0.3, -0.25) is 0 Å². The number of nitrogens with one attached hydrogen (secondary N) is 1. The standard InChI is InChI=1S/C15H24ClN/c1-4-6-14(17-5-2)10-9-13-8-7-12(3)15(16)11-13/h7-8,11,14,17H,4-6,9-10H2,1-3H3. The Morgan fingerprint density at radius 2 is 2.00 bits per heavy atom. The monoisotopic (exact) mass is 253 g/mol. The van der Waals surface area contributed by atoms with Crippen molar-refractivity contribution in [1.82, 2.24) is 5.32 Å². The highest BCUT2D eigenvalue weighted by atomic mass is 35.5. The molecule has 1 nitrogen and oxygen atoms in total. The average molecular weight is 254 g/mol. The van der Waals surface area contributed by atoms with Crippen LogP contribution in [0, 0.1) is 6.92 Å². The highest BCUT2D eigenvalue weighted by molar-refractivity contribution is 6.31. The molecule has 1 unspecified atom stereocenters. The SMILES string of the molecule is CCCC(CCc1ccc(C)c(Cl)c1)NCC. The van der Waals surface area contributed by atoms with Gasteiger partial charge in [-0.25, -0.2) is 0 Å². The van der Waals surface area contributed by atoms with Crippen LogP contribution < -0.4 is 5.32 Å². The van der Waals surface area contributed by atoms with Crippen LogP contribution in [0.15, 0.2) is 18.2 Å². The Balaban J connectivity index is 2.49. The predicted molar refractivity (Wildman–Crippen MR) is 76.9 cm³/mol. The van der Waals surface area contributed by atoms with Gasteiger partial charge in [0.05, 0.1) is 0 Å². The van der Waals surface area contributed by atoms with Crippen LogP contribution in [-0.4, -0.2) is 12.6 Å². The maximum absolute atomic E-state index is 6.14. The molecule has 2 heteroatoms. The van der Waals surface area contributed by atoms with Crippen molar-refractivity contribution in [3.63, 3.8) is 0 Å². The van der Waals surface area contributed by atoms with E-state index < -0.39 is 0 Å². The Bertz CT molecular complexity index is 330.